The van der Waals surface area contributed by atoms with E-state index in [1.165, 1.54) is 0 Å². The van der Waals surface area contributed by atoms with Gasteiger partial charge in [-0.05, 0) is 18.9 Å². The molecule has 3 N–H and O–H groups in total. The fourth-order valence-corrected chi connectivity index (χ4v) is 1.76. The molecule has 5 nitrogen and oxygen atoms in total. The maximum absolute atomic E-state index is 11.6. The van der Waals surface area contributed by atoms with Crippen LogP contribution < -0.4 is 11.1 Å². The third-order valence-electron chi connectivity index (χ3n) is 3.08. The summed E-state index contributed by atoms with van der Waals surface area (Å²) in [5.74, 6) is 0.149. The Morgan fingerprint density at radius 1 is 1.41 bits per heavy atom. The number of rotatable bonds is 6. The van der Waals surface area contributed by atoms with Gasteiger partial charge < -0.3 is 15.8 Å². The zero-order chi connectivity index (χ0) is 12.7. The normalized spacial score (nSPS) is 19.3. The maximum Gasteiger partial charge on any atom is 0.237 e. The van der Waals surface area contributed by atoms with Crippen molar-refractivity contribution in [2.75, 3.05) is 39.4 Å². The van der Waals surface area contributed by atoms with Crippen molar-refractivity contribution in [3.63, 3.8) is 0 Å². The average Bonchev–Trinajstić information content (AvgIpc) is 2.34. The summed E-state index contributed by atoms with van der Waals surface area (Å²) >= 11 is 0. The number of carbonyl (C=O) groups excluding carboxylic acids is 1. The van der Waals surface area contributed by atoms with Crippen LogP contribution in [0.15, 0.2) is 0 Å². The highest BCUT2D eigenvalue weighted by Crippen LogP contribution is 1.99. The molecule has 0 aromatic carbocycles. The summed E-state index contributed by atoms with van der Waals surface area (Å²) in [6, 6.07) is -0.390. The largest absolute Gasteiger partial charge is 0.379 e. The van der Waals surface area contributed by atoms with Crippen LogP contribution >= 0.6 is 0 Å². The quantitative estimate of drug-likeness (QED) is 0.634. The van der Waals surface area contributed by atoms with Crippen molar-refractivity contribution in [3.05, 3.63) is 0 Å². The number of hydrogen-bond acceptors (Lipinski definition) is 4. The summed E-state index contributed by atoms with van der Waals surface area (Å²) in [5.41, 5.74) is 5.75. The van der Waals surface area contributed by atoms with E-state index >= 15 is 0 Å². The number of nitrogens with zero attached hydrogens (tertiary/aromatic N) is 1. The van der Waals surface area contributed by atoms with Crippen LogP contribution in [0.25, 0.3) is 0 Å². The first-order chi connectivity index (χ1) is 8.11. The fourth-order valence-electron chi connectivity index (χ4n) is 1.76. The van der Waals surface area contributed by atoms with Crippen molar-refractivity contribution in [2.24, 2.45) is 11.7 Å². The first kappa shape index (κ1) is 14.4. The number of amides is 1. The van der Waals surface area contributed by atoms with Gasteiger partial charge in [-0.1, -0.05) is 13.8 Å². The van der Waals surface area contributed by atoms with Crippen molar-refractivity contribution in [1.29, 1.82) is 0 Å². The van der Waals surface area contributed by atoms with Gasteiger partial charge >= 0.3 is 0 Å². The summed E-state index contributed by atoms with van der Waals surface area (Å²) in [6.45, 7) is 9.28. The Morgan fingerprint density at radius 2 is 2.06 bits per heavy atom. The van der Waals surface area contributed by atoms with Gasteiger partial charge in [-0.25, -0.2) is 0 Å². The highest BCUT2D eigenvalue weighted by atomic mass is 16.5. The van der Waals surface area contributed by atoms with E-state index in [1.807, 2.05) is 13.8 Å². The lowest BCUT2D eigenvalue weighted by molar-refractivity contribution is -0.123. The van der Waals surface area contributed by atoms with E-state index in [4.69, 9.17) is 10.5 Å². The lowest BCUT2D eigenvalue weighted by atomic mass is 10.1. The van der Waals surface area contributed by atoms with Crippen LogP contribution in [0.2, 0.25) is 0 Å². The van der Waals surface area contributed by atoms with Crippen molar-refractivity contribution >= 4 is 5.91 Å². The first-order valence-corrected chi connectivity index (χ1v) is 6.44. The topological polar surface area (TPSA) is 67.6 Å². The van der Waals surface area contributed by atoms with E-state index in [1.54, 1.807) is 0 Å². The summed E-state index contributed by atoms with van der Waals surface area (Å²) in [5, 5.41) is 2.88. The molecule has 1 atom stereocenters. The Hall–Kier alpha value is -0.650. The molecular weight excluding hydrogens is 218 g/mol. The van der Waals surface area contributed by atoms with Gasteiger partial charge in [0.15, 0.2) is 0 Å². The summed E-state index contributed by atoms with van der Waals surface area (Å²) in [6.07, 6.45) is 0.969. The molecule has 17 heavy (non-hydrogen) atoms. The summed E-state index contributed by atoms with van der Waals surface area (Å²) < 4.78 is 5.27. The van der Waals surface area contributed by atoms with Crippen LogP contribution in [0.5, 0.6) is 0 Å². The van der Waals surface area contributed by atoms with Crippen LogP contribution in [0.3, 0.4) is 0 Å². The first-order valence-electron chi connectivity index (χ1n) is 6.44. The van der Waals surface area contributed by atoms with Crippen molar-refractivity contribution < 1.29 is 9.53 Å². The highest BCUT2D eigenvalue weighted by molar-refractivity contribution is 5.81. The number of morpholine rings is 1. The second-order valence-electron chi connectivity index (χ2n) is 4.87. The number of ether oxygens (including phenoxy) is 1. The van der Waals surface area contributed by atoms with E-state index in [0.29, 0.717) is 6.54 Å². The molecule has 0 radical (unpaired) electrons. The molecule has 1 rings (SSSR count). The number of hydrogen-bond donors (Lipinski definition) is 2. The van der Waals surface area contributed by atoms with Gasteiger partial charge in [0.05, 0.1) is 19.3 Å². The molecule has 5 heteroatoms. The van der Waals surface area contributed by atoms with Crippen LogP contribution in [0.4, 0.5) is 0 Å². The van der Waals surface area contributed by atoms with Gasteiger partial charge in [-0.3, -0.25) is 9.69 Å². The van der Waals surface area contributed by atoms with E-state index < -0.39 is 6.04 Å². The van der Waals surface area contributed by atoms with Crippen LogP contribution in [0, 0.1) is 5.92 Å². The molecule has 100 valence electrons. The molecule has 0 aromatic rings. The SMILES string of the molecule is CC(C)[C@@H](N)C(=O)NCCCN1CCOCC1. The van der Waals surface area contributed by atoms with Crippen molar-refractivity contribution in [1.82, 2.24) is 10.2 Å². The lowest BCUT2D eigenvalue weighted by Crippen LogP contribution is -2.45. The Bertz CT molecular complexity index is 228. The molecule has 1 heterocycles. The Morgan fingerprint density at radius 3 is 2.65 bits per heavy atom. The molecule has 1 aliphatic rings. The Balaban J connectivity index is 2.05. The van der Waals surface area contributed by atoms with E-state index in [2.05, 4.69) is 10.2 Å². The molecule has 1 aliphatic heterocycles. The maximum atomic E-state index is 11.6. The van der Waals surface area contributed by atoms with Crippen LogP contribution in [-0.4, -0.2) is 56.2 Å². The molecular formula is C12H25N3O2. The second-order valence-corrected chi connectivity index (χ2v) is 4.87. The predicted octanol–water partition coefficient (Wildman–Crippen LogP) is -0.192. The highest BCUT2D eigenvalue weighted by Gasteiger charge is 2.16. The summed E-state index contributed by atoms with van der Waals surface area (Å²) in [7, 11) is 0. The van der Waals surface area contributed by atoms with Gasteiger partial charge in [0, 0.05) is 19.6 Å². The third-order valence-corrected chi connectivity index (χ3v) is 3.08. The molecule has 0 spiro atoms. The van der Waals surface area contributed by atoms with Crippen molar-refractivity contribution in [2.45, 2.75) is 26.3 Å². The minimum atomic E-state index is -0.390. The predicted molar refractivity (Wildman–Crippen MR) is 67.7 cm³/mol. The monoisotopic (exact) mass is 243 g/mol. The number of nitrogens with two attached hydrogens (primary N) is 1. The average molecular weight is 243 g/mol. The van der Waals surface area contributed by atoms with Gasteiger partial charge in [0.2, 0.25) is 5.91 Å². The van der Waals surface area contributed by atoms with Crippen LogP contribution in [0.1, 0.15) is 20.3 Å². The fraction of sp³-hybridized carbons (Fsp3) is 0.917. The van der Waals surface area contributed by atoms with Gasteiger partial charge in [-0.2, -0.15) is 0 Å². The Labute approximate surface area is 104 Å². The Kier molecular flexibility index (Phi) is 6.47. The van der Waals surface area contributed by atoms with Crippen LogP contribution in [-0.2, 0) is 9.53 Å². The second kappa shape index (κ2) is 7.63. The van der Waals surface area contributed by atoms with Gasteiger partial charge in [0.25, 0.3) is 0 Å². The number of nitrogens with one attached hydrogen (secondary N) is 1. The molecule has 0 bridgehead atoms. The molecule has 1 fully saturated rings. The zero-order valence-electron chi connectivity index (χ0n) is 10.9. The smallest absolute Gasteiger partial charge is 0.237 e. The van der Waals surface area contributed by atoms with Gasteiger partial charge in [-0.15, -0.1) is 0 Å². The molecule has 0 saturated carbocycles. The van der Waals surface area contributed by atoms with Gasteiger partial charge in [0.1, 0.15) is 0 Å². The minimum Gasteiger partial charge on any atom is -0.379 e. The lowest BCUT2D eigenvalue weighted by Gasteiger charge is -2.26. The van der Waals surface area contributed by atoms with E-state index in [9.17, 15) is 4.79 Å². The third kappa shape index (κ3) is 5.48. The van der Waals surface area contributed by atoms with E-state index in [-0.39, 0.29) is 11.8 Å². The molecule has 0 unspecified atom stereocenters. The molecule has 1 saturated heterocycles. The minimum absolute atomic E-state index is 0.0398. The molecule has 1 amide bonds. The summed E-state index contributed by atoms with van der Waals surface area (Å²) in [4.78, 5) is 13.9. The standard InChI is InChI=1S/C12H25N3O2/c1-10(2)11(13)12(16)14-4-3-5-15-6-8-17-9-7-15/h10-11H,3-9,13H2,1-2H3,(H,14,16)/t11-/m1/s1. The molecule has 0 aromatic heterocycles. The van der Waals surface area contributed by atoms with E-state index in [0.717, 1.165) is 39.3 Å². The zero-order valence-corrected chi connectivity index (χ0v) is 10.9. The number of carbonyl (C=O) groups is 1. The molecule has 0 aliphatic carbocycles. The van der Waals surface area contributed by atoms with Crippen molar-refractivity contribution in [3.8, 4) is 0 Å².